The fourth-order valence-electron chi connectivity index (χ4n) is 2.88. The van der Waals surface area contributed by atoms with E-state index in [1.807, 2.05) is 24.3 Å². The fraction of sp³-hybridized carbons (Fsp3) is 0.471. The average Bonchev–Trinajstić information content (AvgIpc) is 3.02. The molecule has 0 saturated carbocycles. The first kappa shape index (κ1) is 15.5. The van der Waals surface area contributed by atoms with Crippen molar-refractivity contribution in [1.29, 1.82) is 0 Å². The molecule has 1 N–H and O–H groups in total. The molecule has 2 aliphatic rings. The Balaban J connectivity index is 1.59. The quantitative estimate of drug-likeness (QED) is 0.858. The number of nitrogens with one attached hydrogen (secondary N) is 1. The molecule has 6 nitrogen and oxygen atoms in total. The van der Waals surface area contributed by atoms with Gasteiger partial charge < -0.3 is 14.9 Å². The van der Waals surface area contributed by atoms with E-state index in [0.29, 0.717) is 26.0 Å². The van der Waals surface area contributed by atoms with Crippen LogP contribution < -0.4 is 5.32 Å². The summed E-state index contributed by atoms with van der Waals surface area (Å²) < 4.78 is 4.98. The molecule has 1 saturated heterocycles. The second-order valence-corrected chi connectivity index (χ2v) is 5.94. The molecule has 2 unspecified atom stereocenters. The molecule has 0 aliphatic carbocycles. The summed E-state index contributed by atoms with van der Waals surface area (Å²) in [5.41, 5.74) is 3.05. The molecule has 1 fully saturated rings. The Morgan fingerprint density at radius 2 is 2.09 bits per heavy atom. The van der Waals surface area contributed by atoms with Crippen LogP contribution >= 0.6 is 0 Å². The van der Waals surface area contributed by atoms with E-state index in [9.17, 15) is 9.59 Å². The lowest BCUT2D eigenvalue weighted by molar-refractivity contribution is -0.147. The van der Waals surface area contributed by atoms with Crippen molar-refractivity contribution < 1.29 is 19.2 Å². The molecule has 1 aromatic rings. The van der Waals surface area contributed by atoms with Crippen LogP contribution in [0.5, 0.6) is 0 Å². The smallest absolute Gasteiger partial charge is 0.306 e. The van der Waals surface area contributed by atoms with Crippen LogP contribution in [0, 0.1) is 0 Å². The van der Waals surface area contributed by atoms with Crippen molar-refractivity contribution in [2.45, 2.75) is 38.2 Å². The standard InChI is InChI=1S/C17H20N2O4/c1-11(20)18-10-15-9-16(19-23-15)13-4-2-12(3-5-13)14-6-7-22-17(21)8-14/h2-5,14-15H,6-10H2,1H3,(H,18,20). The van der Waals surface area contributed by atoms with Crippen LogP contribution in [0.25, 0.3) is 0 Å². The summed E-state index contributed by atoms with van der Waals surface area (Å²) in [6.45, 7) is 2.44. The molecule has 3 rings (SSSR count). The van der Waals surface area contributed by atoms with Gasteiger partial charge in [0.15, 0.2) is 0 Å². The first-order valence-corrected chi connectivity index (χ1v) is 7.85. The number of carbonyl (C=O) groups is 2. The molecule has 122 valence electrons. The van der Waals surface area contributed by atoms with Crippen LogP contribution in [0.1, 0.15) is 43.2 Å². The average molecular weight is 316 g/mol. The van der Waals surface area contributed by atoms with Gasteiger partial charge in [0.25, 0.3) is 0 Å². The molecule has 23 heavy (non-hydrogen) atoms. The van der Waals surface area contributed by atoms with Gasteiger partial charge in [-0.25, -0.2) is 0 Å². The molecule has 0 bridgehead atoms. The Hall–Kier alpha value is -2.37. The monoisotopic (exact) mass is 316 g/mol. The van der Waals surface area contributed by atoms with E-state index in [1.54, 1.807) is 0 Å². The van der Waals surface area contributed by atoms with Gasteiger partial charge in [0, 0.05) is 13.3 Å². The molecular formula is C17H20N2O4. The minimum absolute atomic E-state index is 0.0718. The van der Waals surface area contributed by atoms with Crippen LogP contribution in [0.15, 0.2) is 29.4 Å². The van der Waals surface area contributed by atoms with Crippen LogP contribution in [-0.4, -0.2) is 36.8 Å². The number of cyclic esters (lactones) is 1. The largest absolute Gasteiger partial charge is 0.466 e. The maximum Gasteiger partial charge on any atom is 0.306 e. The Labute approximate surface area is 134 Å². The lowest BCUT2D eigenvalue weighted by Crippen LogP contribution is -2.30. The fourth-order valence-corrected chi connectivity index (χ4v) is 2.88. The molecule has 1 amide bonds. The predicted octanol–water partition coefficient (Wildman–Crippen LogP) is 1.74. The van der Waals surface area contributed by atoms with E-state index in [-0.39, 0.29) is 23.9 Å². The zero-order valence-electron chi connectivity index (χ0n) is 13.1. The molecule has 0 spiro atoms. The van der Waals surface area contributed by atoms with Crippen molar-refractivity contribution in [1.82, 2.24) is 5.32 Å². The van der Waals surface area contributed by atoms with E-state index >= 15 is 0 Å². The van der Waals surface area contributed by atoms with E-state index in [2.05, 4.69) is 10.5 Å². The van der Waals surface area contributed by atoms with Gasteiger partial charge in [-0.05, 0) is 23.5 Å². The van der Waals surface area contributed by atoms with Gasteiger partial charge in [-0.1, -0.05) is 29.4 Å². The highest BCUT2D eigenvalue weighted by Gasteiger charge is 2.24. The SMILES string of the molecule is CC(=O)NCC1CC(c2ccc(C3CCOC(=O)C3)cc2)=NO1. The van der Waals surface area contributed by atoms with E-state index < -0.39 is 0 Å². The molecule has 0 radical (unpaired) electrons. The number of rotatable bonds is 4. The predicted molar refractivity (Wildman–Crippen MR) is 84.1 cm³/mol. The molecule has 6 heteroatoms. The van der Waals surface area contributed by atoms with Gasteiger partial charge in [0.2, 0.25) is 5.91 Å². The molecule has 2 atom stereocenters. The highest BCUT2D eigenvalue weighted by molar-refractivity contribution is 6.01. The van der Waals surface area contributed by atoms with Crippen molar-refractivity contribution in [3.05, 3.63) is 35.4 Å². The topological polar surface area (TPSA) is 77.0 Å². The summed E-state index contributed by atoms with van der Waals surface area (Å²) in [6.07, 6.45) is 1.88. The second-order valence-electron chi connectivity index (χ2n) is 5.94. The van der Waals surface area contributed by atoms with Gasteiger partial charge in [-0.3, -0.25) is 9.59 Å². The Morgan fingerprint density at radius 3 is 2.78 bits per heavy atom. The van der Waals surface area contributed by atoms with Crippen molar-refractivity contribution in [3.8, 4) is 0 Å². The van der Waals surface area contributed by atoms with E-state index in [1.165, 1.54) is 6.92 Å². The number of oxime groups is 1. The number of ether oxygens (including phenoxy) is 1. The molecule has 2 heterocycles. The Morgan fingerprint density at radius 1 is 1.30 bits per heavy atom. The van der Waals surface area contributed by atoms with Crippen molar-refractivity contribution in [2.75, 3.05) is 13.2 Å². The summed E-state index contributed by atoms with van der Waals surface area (Å²) >= 11 is 0. The molecule has 2 aliphatic heterocycles. The summed E-state index contributed by atoms with van der Waals surface area (Å²) in [5, 5.41) is 6.85. The summed E-state index contributed by atoms with van der Waals surface area (Å²) in [4.78, 5) is 27.6. The van der Waals surface area contributed by atoms with Gasteiger partial charge >= 0.3 is 5.97 Å². The maximum absolute atomic E-state index is 11.4. The van der Waals surface area contributed by atoms with E-state index in [0.717, 1.165) is 23.3 Å². The minimum atomic E-state index is -0.125. The minimum Gasteiger partial charge on any atom is -0.466 e. The van der Waals surface area contributed by atoms with Crippen LogP contribution in [0.2, 0.25) is 0 Å². The number of benzene rings is 1. The lowest BCUT2D eigenvalue weighted by atomic mass is 9.90. The van der Waals surface area contributed by atoms with Gasteiger partial charge in [0.05, 0.1) is 25.3 Å². The summed E-state index contributed by atoms with van der Waals surface area (Å²) in [5.74, 6) is 0.0386. The maximum atomic E-state index is 11.4. The van der Waals surface area contributed by atoms with Crippen LogP contribution in [-0.2, 0) is 19.2 Å². The number of hydrogen-bond acceptors (Lipinski definition) is 5. The molecular weight excluding hydrogens is 296 g/mol. The lowest BCUT2D eigenvalue weighted by Gasteiger charge is -2.21. The van der Waals surface area contributed by atoms with Crippen molar-refractivity contribution in [2.24, 2.45) is 5.16 Å². The third-order valence-electron chi connectivity index (χ3n) is 4.17. The number of esters is 1. The van der Waals surface area contributed by atoms with E-state index in [4.69, 9.17) is 9.57 Å². The molecule has 0 aromatic heterocycles. The van der Waals surface area contributed by atoms with Gasteiger partial charge in [0.1, 0.15) is 6.10 Å². The Bertz CT molecular complexity index is 624. The Kier molecular flexibility index (Phi) is 4.60. The zero-order chi connectivity index (χ0) is 16.2. The van der Waals surface area contributed by atoms with Crippen molar-refractivity contribution >= 4 is 17.6 Å². The third-order valence-corrected chi connectivity index (χ3v) is 4.17. The number of carbonyl (C=O) groups excluding carboxylic acids is 2. The van der Waals surface area contributed by atoms with Crippen LogP contribution in [0.4, 0.5) is 0 Å². The number of amides is 1. The normalized spacial score (nSPS) is 23.7. The first-order chi connectivity index (χ1) is 11.1. The number of hydrogen-bond donors (Lipinski definition) is 1. The zero-order valence-corrected chi connectivity index (χ0v) is 13.1. The van der Waals surface area contributed by atoms with Gasteiger partial charge in [-0.2, -0.15) is 0 Å². The summed E-state index contributed by atoms with van der Waals surface area (Å²) in [7, 11) is 0. The van der Waals surface area contributed by atoms with Gasteiger partial charge in [-0.15, -0.1) is 0 Å². The third kappa shape index (κ3) is 3.88. The molecule has 1 aromatic carbocycles. The highest BCUT2D eigenvalue weighted by Crippen LogP contribution is 2.28. The van der Waals surface area contributed by atoms with Crippen LogP contribution in [0.3, 0.4) is 0 Å². The number of nitrogens with zero attached hydrogens (tertiary/aromatic N) is 1. The first-order valence-electron chi connectivity index (χ1n) is 7.85. The second kappa shape index (κ2) is 6.81. The summed E-state index contributed by atoms with van der Waals surface area (Å²) in [6, 6.07) is 8.11. The highest BCUT2D eigenvalue weighted by atomic mass is 16.6. The van der Waals surface area contributed by atoms with Crippen molar-refractivity contribution in [3.63, 3.8) is 0 Å².